The Morgan fingerprint density at radius 1 is 1.19 bits per heavy atom. The first-order chi connectivity index (χ1) is 7.84. The molecule has 0 aromatic carbocycles. The zero-order valence-corrected chi connectivity index (χ0v) is 10.3. The van der Waals surface area contributed by atoms with Gasteiger partial charge >= 0.3 is 0 Å². The molecule has 1 saturated carbocycles. The molecule has 2 unspecified atom stereocenters. The van der Waals surface area contributed by atoms with Gasteiger partial charge in [0, 0.05) is 25.2 Å². The Balaban J connectivity index is 1.73. The Morgan fingerprint density at radius 3 is 2.81 bits per heavy atom. The summed E-state index contributed by atoms with van der Waals surface area (Å²) in [6.45, 7) is 4.46. The highest BCUT2D eigenvalue weighted by Gasteiger charge is 2.36. The maximum atomic E-state index is 4.62. The monoisotopic (exact) mass is 221 g/mol. The lowest BCUT2D eigenvalue weighted by atomic mass is 9.81. The van der Waals surface area contributed by atoms with Crippen LogP contribution < -0.4 is 5.32 Å². The lowest BCUT2D eigenvalue weighted by Crippen LogP contribution is -2.47. The highest BCUT2D eigenvalue weighted by atomic mass is 15.4. The number of aliphatic imine (C=N–C) groups is 1. The maximum absolute atomic E-state index is 4.62. The van der Waals surface area contributed by atoms with E-state index in [-0.39, 0.29) is 0 Å². The molecule has 3 nitrogen and oxygen atoms in total. The standard InChI is InChI=1S/C13H23N3/c1-10-9-16-12(7-8-14-13(16)15-10)11-5-3-2-4-6-11/h10-12H,2-9H2,1H3,(H,14,15). The number of hydrogen-bond donors (Lipinski definition) is 1. The van der Waals surface area contributed by atoms with Crippen molar-refractivity contribution in [3.63, 3.8) is 0 Å². The van der Waals surface area contributed by atoms with Gasteiger partial charge in [0.2, 0.25) is 0 Å². The number of nitrogens with one attached hydrogen (secondary N) is 1. The molecule has 1 aliphatic carbocycles. The first kappa shape index (κ1) is 10.4. The van der Waals surface area contributed by atoms with Gasteiger partial charge in [-0.05, 0) is 32.1 Å². The normalized spacial score (nSPS) is 35.6. The van der Waals surface area contributed by atoms with Crippen molar-refractivity contribution in [3.8, 4) is 0 Å². The van der Waals surface area contributed by atoms with E-state index in [1.807, 2.05) is 0 Å². The number of nitrogens with zero attached hydrogens (tertiary/aromatic N) is 2. The average molecular weight is 221 g/mol. The molecule has 2 atom stereocenters. The molecule has 0 spiro atoms. The molecule has 90 valence electrons. The van der Waals surface area contributed by atoms with E-state index in [1.54, 1.807) is 0 Å². The quantitative estimate of drug-likeness (QED) is 0.733. The first-order valence-corrected chi connectivity index (χ1v) is 6.92. The molecule has 0 amide bonds. The van der Waals surface area contributed by atoms with Gasteiger partial charge in [0.05, 0.1) is 0 Å². The smallest absolute Gasteiger partial charge is 0.194 e. The fraction of sp³-hybridized carbons (Fsp3) is 0.923. The van der Waals surface area contributed by atoms with Crippen molar-refractivity contribution >= 4 is 5.96 Å². The molecule has 2 aliphatic heterocycles. The van der Waals surface area contributed by atoms with E-state index in [9.17, 15) is 0 Å². The van der Waals surface area contributed by atoms with Gasteiger partial charge in [0.25, 0.3) is 0 Å². The minimum atomic E-state index is 0.586. The van der Waals surface area contributed by atoms with E-state index in [2.05, 4.69) is 22.1 Å². The van der Waals surface area contributed by atoms with Crippen molar-refractivity contribution in [2.45, 2.75) is 57.5 Å². The number of hydrogen-bond acceptors (Lipinski definition) is 3. The summed E-state index contributed by atoms with van der Waals surface area (Å²) in [4.78, 5) is 7.18. The second-order valence-electron chi connectivity index (χ2n) is 5.66. The summed E-state index contributed by atoms with van der Waals surface area (Å²) in [6, 6.07) is 1.37. The minimum Gasteiger partial charge on any atom is -0.352 e. The predicted octanol–water partition coefficient (Wildman–Crippen LogP) is 1.99. The Labute approximate surface area is 98.3 Å². The van der Waals surface area contributed by atoms with Crippen LogP contribution in [-0.4, -0.2) is 36.0 Å². The van der Waals surface area contributed by atoms with E-state index >= 15 is 0 Å². The molecule has 0 radical (unpaired) electrons. The molecule has 0 aromatic rings. The molecule has 3 heteroatoms. The summed E-state index contributed by atoms with van der Waals surface area (Å²) in [5, 5.41) is 3.50. The minimum absolute atomic E-state index is 0.586. The molecule has 3 rings (SSSR count). The van der Waals surface area contributed by atoms with Crippen molar-refractivity contribution in [1.29, 1.82) is 0 Å². The number of guanidine groups is 1. The largest absolute Gasteiger partial charge is 0.352 e. The van der Waals surface area contributed by atoms with Crippen LogP contribution in [0.15, 0.2) is 4.99 Å². The maximum Gasteiger partial charge on any atom is 0.194 e. The third-order valence-electron chi connectivity index (χ3n) is 4.40. The van der Waals surface area contributed by atoms with E-state index in [0.717, 1.165) is 18.5 Å². The van der Waals surface area contributed by atoms with Crippen molar-refractivity contribution in [2.24, 2.45) is 10.9 Å². The van der Waals surface area contributed by atoms with Gasteiger partial charge in [-0.3, -0.25) is 4.99 Å². The summed E-state index contributed by atoms with van der Waals surface area (Å²) in [6.07, 6.45) is 8.53. The van der Waals surface area contributed by atoms with Crippen LogP contribution in [0.25, 0.3) is 0 Å². The van der Waals surface area contributed by atoms with Gasteiger partial charge in [-0.25, -0.2) is 0 Å². The Hall–Kier alpha value is -0.730. The zero-order chi connectivity index (χ0) is 11.0. The Bertz CT molecular complexity index is 281. The van der Waals surface area contributed by atoms with Crippen molar-refractivity contribution in [3.05, 3.63) is 0 Å². The van der Waals surface area contributed by atoms with Crippen LogP contribution in [0.4, 0.5) is 0 Å². The third-order valence-corrected chi connectivity index (χ3v) is 4.40. The van der Waals surface area contributed by atoms with Crippen molar-refractivity contribution < 1.29 is 0 Å². The van der Waals surface area contributed by atoms with Gasteiger partial charge in [-0.1, -0.05) is 19.3 Å². The summed E-state index contributed by atoms with van der Waals surface area (Å²) >= 11 is 0. The molecular weight excluding hydrogens is 198 g/mol. The lowest BCUT2D eigenvalue weighted by Gasteiger charge is -2.39. The van der Waals surface area contributed by atoms with Gasteiger partial charge < -0.3 is 10.2 Å². The summed E-state index contributed by atoms with van der Waals surface area (Å²) in [5.74, 6) is 2.13. The molecule has 3 aliphatic rings. The fourth-order valence-corrected chi connectivity index (χ4v) is 3.63. The molecule has 1 N–H and O–H groups in total. The van der Waals surface area contributed by atoms with Gasteiger partial charge in [0.1, 0.15) is 0 Å². The van der Waals surface area contributed by atoms with E-state index < -0.39 is 0 Å². The van der Waals surface area contributed by atoms with Crippen LogP contribution in [0.5, 0.6) is 0 Å². The highest BCUT2D eigenvalue weighted by Crippen LogP contribution is 2.33. The fourth-order valence-electron chi connectivity index (χ4n) is 3.63. The zero-order valence-electron chi connectivity index (χ0n) is 10.3. The van der Waals surface area contributed by atoms with Crippen LogP contribution in [-0.2, 0) is 0 Å². The van der Waals surface area contributed by atoms with Crippen LogP contribution in [0.2, 0.25) is 0 Å². The van der Waals surface area contributed by atoms with Crippen LogP contribution in [0.1, 0.15) is 45.4 Å². The summed E-state index contributed by atoms with van der Waals surface area (Å²) < 4.78 is 0. The molecule has 2 fully saturated rings. The average Bonchev–Trinajstić information content (AvgIpc) is 2.70. The Morgan fingerprint density at radius 2 is 2.00 bits per heavy atom. The Kier molecular flexibility index (Phi) is 2.78. The second-order valence-corrected chi connectivity index (χ2v) is 5.66. The van der Waals surface area contributed by atoms with Gasteiger partial charge in [0.15, 0.2) is 5.96 Å². The van der Waals surface area contributed by atoms with Gasteiger partial charge in [-0.15, -0.1) is 0 Å². The second kappa shape index (κ2) is 4.27. The topological polar surface area (TPSA) is 27.6 Å². The van der Waals surface area contributed by atoms with Crippen LogP contribution >= 0.6 is 0 Å². The third kappa shape index (κ3) is 1.80. The summed E-state index contributed by atoms with van der Waals surface area (Å²) in [5.41, 5.74) is 0. The molecule has 0 aromatic heterocycles. The SMILES string of the molecule is CC1CN2C(=NCCC2C2CCCCC2)N1. The van der Waals surface area contributed by atoms with Crippen molar-refractivity contribution in [2.75, 3.05) is 13.1 Å². The molecule has 1 saturated heterocycles. The van der Waals surface area contributed by atoms with Crippen LogP contribution in [0, 0.1) is 5.92 Å². The van der Waals surface area contributed by atoms with E-state index in [0.29, 0.717) is 6.04 Å². The summed E-state index contributed by atoms with van der Waals surface area (Å²) in [7, 11) is 0. The molecule has 2 heterocycles. The van der Waals surface area contributed by atoms with Crippen LogP contribution in [0.3, 0.4) is 0 Å². The molecular formula is C13H23N3. The lowest BCUT2D eigenvalue weighted by molar-refractivity contribution is 0.175. The first-order valence-electron chi connectivity index (χ1n) is 6.92. The number of fused-ring (bicyclic) bond motifs is 1. The van der Waals surface area contributed by atoms with Gasteiger partial charge in [-0.2, -0.15) is 0 Å². The van der Waals surface area contributed by atoms with Crippen molar-refractivity contribution in [1.82, 2.24) is 10.2 Å². The molecule has 16 heavy (non-hydrogen) atoms. The molecule has 0 bridgehead atoms. The van der Waals surface area contributed by atoms with E-state index in [1.165, 1.54) is 51.0 Å². The predicted molar refractivity (Wildman–Crippen MR) is 66.6 cm³/mol. The van der Waals surface area contributed by atoms with E-state index in [4.69, 9.17) is 0 Å². The number of rotatable bonds is 1. The highest BCUT2D eigenvalue weighted by molar-refractivity contribution is 5.83.